The highest BCUT2D eigenvalue weighted by molar-refractivity contribution is 6.30. The smallest absolute Gasteiger partial charge is 0.211 e. The highest BCUT2D eigenvalue weighted by Crippen LogP contribution is 2.22. The molecule has 1 rings (SSSR count). The van der Waals surface area contributed by atoms with E-state index < -0.39 is 0 Å². The van der Waals surface area contributed by atoms with Gasteiger partial charge in [0.1, 0.15) is 0 Å². The molecular formula is C9H8ClNO. The van der Waals surface area contributed by atoms with Crippen LogP contribution in [-0.2, 0) is 11.2 Å². The van der Waals surface area contributed by atoms with Crippen LogP contribution in [0.2, 0.25) is 5.02 Å². The van der Waals surface area contributed by atoms with Crippen molar-refractivity contribution >= 4 is 23.4 Å². The van der Waals surface area contributed by atoms with Crippen molar-refractivity contribution in [1.29, 1.82) is 0 Å². The second-order valence-electron chi connectivity index (χ2n) is 2.33. The fraction of sp³-hybridized carbons (Fsp3) is 0.222. The van der Waals surface area contributed by atoms with Gasteiger partial charge in [0.2, 0.25) is 6.08 Å². The fourth-order valence-corrected chi connectivity index (χ4v) is 1.19. The number of hydrogen-bond donors (Lipinski definition) is 0. The third-order valence-corrected chi connectivity index (χ3v) is 1.82. The van der Waals surface area contributed by atoms with Crippen LogP contribution in [0.25, 0.3) is 0 Å². The molecule has 0 aliphatic heterocycles. The van der Waals surface area contributed by atoms with Gasteiger partial charge < -0.3 is 0 Å². The number of rotatable bonds is 2. The summed E-state index contributed by atoms with van der Waals surface area (Å²) < 4.78 is 0. The number of isocyanates is 1. The van der Waals surface area contributed by atoms with Gasteiger partial charge in [-0.25, -0.2) is 4.79 Å². The molecule has 0 N–H and O–H groups in total. The lowest BCUT2D eigenvalue weighted by Crippen LogP contribution is -1.80. The molecule has 0 atom stereocenters. The number of aliphatic imine (C=N–C) groups is 1. The fourth-order valence-electron chi connectivity index (χ4n) is 0.996. The first-order valence-corrected chi connectivity index (χ1v) is 4.02. The Morgan fingerprint density at radius 1 is 1.58 bits per heavy atom. The van der Waals surface area contributed by atoms with Crippen LogP contribution >= 0.6 is 11.6 Å². The summed E-state index contributed by atoms with van der Waals surface area (Å²) in [6.45, 7) is 1.98. The van der Waals surface area contributed by atoms with Crippen molar-refractivity contribution in [2.24, 2.45) is 4.99 Å². The van der Waals surface area contributed by atoms with Crippen LogP contribution in [0.3, 0.4) is 0 Å². The van der Waals surface area contributed by atoms with Crippen LogP contribution in [0, 0.1) is 0 Å². The molecule has 0 amide bonds. The molecule has 0 fully saturated rings. The lowest BCUT2D eigenvalue weighted by atomic mass is 10.1. The minimum Gasteiger partial charge on any atom is -0.211 e. The van der Waals surface area contributed by atoms with E-state index in [4.69, 9.17) is 11.6 Å². The molecule has 12 heavy (non-hydrogen) atoms. The number of carbonyl (C=O) groups excluding carboxylic acids is 1. The zero-order valence-electron chi connectivity index (χ0n) is 6.67. The van der Waals surface area contributed by atoms with Crippen molar-refractivity contribution in [2.45, 2.75) is 13.3 Å². The van der Waals surface area contributed by atoms with Crippen LogP contribution in [-0.4, -0.2) is 6.08 Å². The van der Waals surface area contributed by atoms with Crippen molar-refractivity contribution in [3.63, 3.8) is 0 Å². The summed E-state index contributed by atoms with van der Waals surface area (Å²) in [7, 11) is 0. The number of hydrogen-bond acceptors (Lipinski definition) is 2. The van der Waals surface area contributed by atoms with Gasteiger partial charge in [-0.1, -0.05) is 18.5 Å². The zero-order valence-corrected chi connectivity index (χ0v) is 7.43. The third kappa shape index (κ3) is 1.94. The lowest BCUT2D eigenvalue weighted by molar-refractivity contribution is 0.565. The summed E-state index contributed by atoms with van der Waals surface area (Å²) in [5, 5.41) is 0.664. The Kier molecular flexibility index (Phi) is 3.03. The predicted octanol–water partition coefficient (Wildman–Crippen LogP) is 2.87. The molecule has 62 valence electrons. The Labute approximate surface area is 75.9 Å². The molecule has 0 aliphatic carbocycles. The van der Waals surface area contributed by atoms with E-state index >= 15 is 0 Å². The second-order valence-corrected chi connectivity index (χ2v) is 2.77. The van der Waals surface area contributed by atoms with E-state index in [9.17, 15) is 4.79 Å². The number of halogens is 1. The molecule has 3 heteroatoms. The van der Waals surface area contributed by atoms with E-state index in [1.54, 1.807) is 18.2 Å². The maximum absolute atomic E-state index is 10.0. The Morgan fingerprint density at radius 3 is 2.92 bits per heavy atom. The summed E-state index contributed by atoms with van der Waals surface area (Å²) in [6, 6.07) is 5.22. The molecule has 0 saturated carbocycles. The molecule has 0 bridgehead atoms. The van der Waals surface area contributed by atoms with Gasteiger partial charge in [-0.2, -0.15) is 4.99 Å². The molecule has 0 aliphatic rings. The van der Waals surface area contributed by atoms with Crippen molar-refractivity contribution in [3.05, 3.63) is 28.8 Å². The van der Waals surface area contributed by atoms with Gasteiger partial charge in [0.15, 0.2) is 0 Å². The molecule has 0 aromatic heterocycles. The molecule has 0 unspecified atom stereocenters. The average molecular weight is 182 g/mol. The Balaban J connectivity index is 3.19. The summed E-state index contributed by atoms with van der Waals surface area (Å²) in [5.41, 5.74) is 1.61. The maximum atomic E-state index is 10.0. The van der Waals surface area contributed by atoms with E-state index in [0.29, 0.717) is 10.7 Å². The van der Waals surface area contributed by atoms with E-state index in [1.807, 2.05) is 6.92 Å². The van der Waals surface area contributed by atoms with Crippen LogP contribution in [0.5, 0.6) is 0 Å². The largest absolute Gasteiger partial charge is 0.240 e. The van der Waals surface area contributed by atoms with Crippen molar-refractivity contribution < 1.29 is 4.79 Å². The number of benzene rings is 1. The molecule has 0 spiro atoms. The first-order valence-electron chi connectivity index (χ1n) is 3.64. The van der Waals surface area contributed by atoms with Gasteiger partial charge >= 0.3 is 0 Å². The lowest BCUT2D eigenvalue weighted by Gasteiger charge is -2.00. The van der Waals surface area contributed by atoms with Gasteiger partial charge in [0.25, 0.3) is 0 Å². The van der Waals surface area contributed by atoms with Crippen LogP contribution in [0.4, 0.5) is 5.69 Å². The highest BCUT2D eigenvalue weighted by atomic mass is 35.5. The van der Waals surface area contributed by atoms with Gasteiger partial charge in [-0.3, -0.25) is 0 Å². The summed E-state index contributed by atoms with van der Waals surface area (Å²) in [5.74, 6) is 0. The quantitative estimate of drug-likeness (QED) is 0.510. The second kappa shape index (κ2) is 4.05. The monoisotopic (exact) mass is 181 g/mol. The van der Waals surface area contributed by atoms with Gasteiger partial charge in [0.05, 0.1) is 5.69 Å². The van der Waals surface area contributed by atoms with Crippen LogP contribution in [0.1, 0.15) is 12.5 Å². The minimum atomic E-state index is 0.650. The van der Waals surface area contributed by atoms with Crippen molar-refractivity contribution in [1.82, 2.24) is 0 Å². The molecule has 1 aromatic rings. The van der Waals surface area contributed by atoms with E-state index in [2.05, 4.69) is 4.99 Å². The summed E-state index contributed by atoms with van der Waals surface area (Å²) in [6.07, 6.45) is 2.32. The molecule has 1 aromatic carbocycles. The molecule has 0 saturated heterocycles. The van der Waals surface area contributed by atoms with Crippen LogP contribution < -0.4 is 0 Å². The van der Waals surface area contributed by atoms with Crippen molar-refractivity contribution in [2.75, 3.05) is 0 Å². The van der Waals surface area contributed by atoms with Crippen LogP contribution in [0.15, 0.2) is 23.2 Å². The molecule has 0 heterocycles. The van der Waals surface area contributed by atoms with Gasteiger partial charge in [0, 0.05) is 5.02 Å². The number of aryl methyl sites for hydroxylation is 1. The normalized spacial score (nSPS) is 9.17. The average Bonchev–Trinajstić information content (AvgIpc) is 2.08. The van der Waals surface area contributed by atoms with E-state index in [0.717, 1.165) is 12.0 Å². The van der Waals surface area contributed by atoms with Crippen molar-refractivity contribution in [3.8, 4) is 0 Å². The topological polar surface area (TPSA) is 29.4 Å². The Morgan fingerprint density at radius 2 is 2.33 bits per heavy atom. The molecule has 2 nitrogen and oxygen atoms in total. The first kappa shape index (κ1) is 8.98. The third-order valence-electron chi connectivity index (χ3n) is 1.59. The first-order chi connectivity index (χ1) is 5.77. The molecular weight excluding hydrogens is 174 g/mol. The van der Waals surface area contributed by atoms with E-state index in [1.165, 1.54) is 6.08 Å². The Bertz CT molecular complexity index is 329. The summed E-state index contributed by atoms with van der Waals surface area (Å²) >= 11 is 5.76. The van der Waals surface area contributed by atoms with E-state index in [-0.39, 0.29) is 0 Å². The highest BCUT2D eigenvalue weighted by Gasteiger charge is 1.99. The van der Waals surface area contributed by atoms with Gasteiger partial charge in [-0.15, -0.1) is 0 Å². The Hall–Kier alpha value is -1.11. The standard InChI is InChI=1S/C9H8ClNO/c1-2-7-5-8(10)3-4-9(7)11-6-12/h3-5H,2H2,1H3. The van der Waals surface area contributed by atoms with Gasteiger partial charge in [-0.05, 0) is 30.2 Å². The number of nitrogens with zero attached hydrogens (tertiary/aromatic N) is 1. The minimum absolute atomic E-state index is 0.650. The summed E-state index contributed by atoms with van der Waals surface area (Å²) in [4.78, 5) is 13.6. The zero-order chi connectivity index (χ0) is 8.97. The maximum Gasteiger partial charge on any atom is 0.240 e. The predicted molar refractivity (Wildman–Crippen MR) is 48.6 cm³/mol. The molecule has 0 radical (unpaired) electrons. The SMILES string of the molecule is CCc1cc(Cl)ccc1N=C=O.